The number of aromatic nitrogens is 2. The summed E-state index contributed by atoms with van der Waals surface area (Å²) in [6.07, 6.45) is 0. The molecular weight excluding hydrogens is 392 g/mol. The molecule has 0 spiro atoms. The van der Waals surface area contributed by atoms with Gasteiger partial charge in [0.05, 0.1) is 12.8 Å². The van der Waals surface area contributed by atoms with Crippen molar-refractivity contribution in [1.82, 2.24) is 9.78 Å². The third-order valence-electron chi connectivity index (χ3n) is 5.16. The highest BCUT2D eigenvalue weighted by molar-refractivity contribution is 5.91. The van der Waals surface area contributed by atoms with Gasteiger partial charge in [-0.15, -0.1) is 0 Å². The minimum Gasteiger partial charge on any atom is -0.496 e. The molecule has 1 N–H and O–H groups in total. The lowest BCUT2D eigenvalue weighted by atomic mass is 10.1. The van der Waals surface area contributed by atoms with Gasteiger partial charge in [0, 0.05) is 36.1 Å². The average Bonchev–Trinajstić information content (AvgIpc) is 2.78. The summed E-state index contributed by atoms with van der Waals surface area (Å²) in [5, 5.41) is 7.26. The number of hydrogen-bond donors (Lipinski definition) is 1. The number of benzene rings is 2. The topological polar surface area (TPSA) is 76.5 Å². The van der Waals surface area contributed by atoms with Crippen LogP contribution in [-0.2, 0) is 11.3 Å². The zero-order valence-corrected chi connectivity index (χ0v) is 18.4. The molecule has 0 fully saturated rings. The van der Waals surface area contributed by atoms with Gasteiger partial charge in [0.15, 0.2) is 0 Å². The minimum absolute atomic E-state index is 0.181. The molecule has 0 aliphatic rings. The van der Waals surface area contributed by atoms with Crippen molar-refractivity contribution in [2.75, 3.05) is 30.4 Å². The third kappa shape index (κ3) is 5.12. The van der Waals surface area contributed by atoms with E-state index in [0.717, 1.165) is 40.3 Å². The molecule has 0 aliphatic heterocycles. The second kappa shape index (κ2) is 9.93. The van der Waals surface area contributed by atoms with Crippen LogP contribution < -0.4 is 20.5 Å². The monoisotopic (exact) mass is 420 g/mol. The van der Waals surface area contributed by atoms with Crippen molar-refractivity contribution in [1.29, 1.82) is 0 Å². The second-order valence-electron chi connectivity index (χ2n) is 7.13. The largest absolute Gasteiger partial charge is 0.496 e. The maximum absolute atomic E-state index is 12.6. The number of carbonyl (C=O) groups excluding carboxylic acids is 1. The maximum atomic E-state index is 12.6. The maximum Gasteiger partial charge on any atom is 0.267 e. The van der Waals surface area contributed by atoms with Crippen LogP contribution in [0.15, 0.2) is 59.4 Å². The van der Waals surface area contributed by atoms with Crippen molar-refractivity contribution in [3.8, 4) is 17.0 Å². The number of para-hydroxylation sites is 1. The van der Waals surface area contributed by atoms with E-state index in [9.17, 15) is 9.59 Å². The van der Waals surface area contributed by atoms with E-state index in [1.54, 1.807) is 13.2 Å². The Bertz CT molecular complexity index is 1120. The molecule has 7 nitrogen and oxygen atoms in total. The van der Waals surface area contributed by atoms with Crippen LogP contribution in [0.3, 0.4) is 0 Å². The second-order valence-corrected chi connectivity index (χ2v) is 7.13. The van der Waals surface area contributed by atoms with Crippen molar-refractivity contribution in [3.63, 3.8) is 0 Å². The molecule has 2 aromatic carbocycles. The number of nitrogens with zero attached hydrogens (tertiary/aromatic N) is 3. The summed E-state index contributed by atoms with van der Waals surface area (Å²) in [5.41, 5.74) is 3.76. The SMILES string of the molecule is CCN(CC)c1ccc(NC(=O)Cn2nc(-c3ccccc3OC)ccc2=O)c(C)c1. The molecule has 0 atom stereocenters. The molecule has 3 rings (SSSR count). The van der Waals surface area contributed by atoms with Gasteiger partial charge in [0.1, 0.15) is 12.3 Å². The number of amides is 1. The normalized spacial score (nSPS) is 10.6. The van der Waals surface area contributed by atoms with Crippen LogP contribution in [-0.4, -0.2) is 35.9 Å². The molecule has 1 aromatic heterocycles. The van der Waals surface area contributed by atoms with Gasteiger partial charge in [-0.25, -0.2) is 4.68 Å². The molecule has 1 heterocycles. The Labute approximate surface area is 182 Å². The molecule has 0 bridgehead atoms. The molecule has 3 aromatic rings. The molecule has 162 valence electrons. The van der Waals surface area contributed by atoms with E-state index < -0.39 is 0 Å². The van der Waals surface area contributed by atoms with Gasteiger partial charge in [0.2, 0.25) is 5.91 Å². The van der Waals surface area contributed by atoms with Crippen LogP contribution in [0.25, 0.3) is 11.3 Å². The summed E-state index contributed by atoms with van der Waals surface area (Å²) in [6.45, 7) is 7.82. The lowest BCUT2D eigenvalue weighted by molar-refractivity contribution is -0.117. The number of ether oxygens (including phenoxy) is 1. The Kier molecular flexibility index (Phi) is 7.07. The number of rotatable bonds is 8. The van der Waals surface area contributed by atoms with Gasteiger partial charge in [-0.1, -0.05) is 12.1 Å². The Morgan fingerprint density at radius 2 is 1.84 bits per heavy atom. The van der Waals surface area contributed by atoms with Crippen LogP contribution in [0.1, 0.15) is 19.4 Å². The first-order chi connectivity index (χ1) is 15.0. The van der Waals surface area contributed by atoms with E-state index in [4.69, 9.17) is 4.74 Å². The first kappa shape index (κ1) is 22.1. The Balaban J connectivity index is 1.79. The van der Waals surface area contributed by atoms with Gasteiger partial charge in [-0.05, 0) is 62.7 Å². The van der Waals surface area contributed by atoms with Crippen LogP contribution >= 0.6 is 0 Å². The standard InChI is InChI=1S/C24H28N4O3/c1-5-27(6-2)18-11-12-20(17(3)15-18)25-23(29)16-28-24(30)14-13-21(26-28)19-9-7-8-10-22(19)31-4/h7-15H,5-6,16H2,1-4H3,(H,25,29). The van der Waals surface area contributed by atoms with E-state index in [2.05, 4.69) is 35.2 Å². The summed E-state index contributed by atoms with van der Waals surface area (Å²) >= 11 is 0. The Morgan fingerprint density at radius 1 is 1.10 bits per heavy atom. The highest BCUT2D eigenvalue weighted by Crippen LogP contribution is 2.27. The van der Waals surface area contributed by atoms with Gasteiger partial charge in [-0.2, -0.15) is 5.10 Å². The van der Waals surface area contributed by atoms with E-state index in [1.807, 2.05) is 43.3 Å². The molecule has 7 heteroatoms. The van der Waals surface area contributed by atoms with Crippen molar-refractivity contribution in [2.45, 2.75) is 27.3 Å². The number of aryl methyl sites for hydroxylation is 1. The highest BCUT2D eigenvalue weighted by Gasteiger charge is 2.12. The number of methoxy groups -OCH3 is 1. The first-order valence-corrected chi connectivity index (χ1v) is 10.3. The number of hydrogen-bond acceptors (Lipinski definition) is 5. The predicted molar refractivity (Wildman–Crippen MR) is 124 cm³/mol. The summed E-state index contributed by atoms with van der Waals surface area (Å²) in [4.78, 5) is 27.2. The Morgan fingerprint density at radius 3 is 2.52 bits per heavy atom. The fraction of sp³-hybridized carbons (Fsp3) is 0.292. The molecular formula is C24H28N4O3. The molecule has 31 heavy (non-hydrogen) atoms. The fourth-order valence-electron chi connectivity index (χ4n) is 3.46. The number of nitrogens with one attached hydrogen (secondary N) is 1. The average molecular weight is 421 g/mol. The van der Waals surface area contributed by atoms with Gasteiger partial charge in [0.25, 0.3) is 5.56 Å². The zero-order chi connectivity index (χ0) is 22.4. The van der Waals surface area contributed by atoms with Crippen molar-refractivity contribution < 1.29 is 9.53 Å². The zero-order valence-electron chi connectivity index (χ0n) is 18.4. The number of carbonyl (C=O) groups is 1. The highest BCUT2D eigenvalue weighted by atomic mass is 16.5. The lowest BCUT2D eigenvalue weighted by Gasteiger charge is -2.22. The molecule has 0 unspecified atom stereocenters. The van der Waals surface area contributed by atoms with Gasteiger partial charge in [-0.3, -0.25) is 9.59 Å². The quantitative estimate of drug-likeness (QED) is 0.601. The first-order valence-electron chi connectivity index (χ1n) is 10.3. The van der Waals surface area contributed by atoms with Crippen molar-refractivity contribution in [3.05, 3.63) is 70.5 Å². The number of anilines is 2. The van der Waals surface area contributed by atoms with Crippen molar-refractivity contribution >= 4 is 17.3 Å². The van der Waals surface area contributed by atoms with Gasteiger partial charge < -0.3 is 15.0 Å². The third-order valence-corrected chi connectivity index (χ3v) is 5.16. The van der Waals surface area contributed by atoms with Crippen LogP contribution in [0, 0.1) is 6.92 Å². The summed E-state index contributed by atoms with van der Waals surface area (Å²) < 4.78 is 6.54. The smallest absolute Gasteiger partial charge is 0.267 e. The molecule has 0 radical (unpaired) electrons. The van der Waals surface area contributed by atoms with Crippen LogP contribution in [0.4, 0.5) is 11.4 Å². The fourth-order valence-corrected chi connectivity index (χ4v) is 3.46. The summed E-state index contributed by atoms with van der Waals surface area (Å²) in [6, 6.07) is 16.4. The Hall–Kier alpha value is -3.61. The van der Waals surface area contributed by atoms with E-state index >= 15 is 0 Å². The van der Waals surface area contributed by atoms with E-state index in [0.29, 0.717) is 11.4 Å². The minimum atomic E-state index is -0.345. The molecule has 0 aliphatic carbocycles. The summed E-state index contributed by atoms with van der Waals surface area (Å²) in [5.74, 6) is 0.332. The van der Waals surface area contributed by atoms with Gasteiger partial charge >= 0.3 is 0 Å². The molecule has 1 amide bonds. The predicted octanol–water partition coefficient (Wildman–Crippen LogP) is 3.71. The van der Waals surface area contributed by atoms with Crippen LogP contribution in [0.2, 0.25) is 0 Å². The molecule has 0 saturated heterocycles. The summed E-state index contributed by atoms with van der Waals surface area (Å²) in [7, 11) is 1.58. The van der Waals surface area contributed by atoms with Crippen LogP contribution in [0.5, 0.6) is 5.75 Å². The van der Waals surface area contributed by atoms with E-state index in [-0.39, 0.29) is 18.0 Å². The lowest BCUT2D eigenvalue weighted by Crippen LogP contribution is -2.29. The van der Waals surface area contributed by atoms with E-state index in [1.165, 1.54) is 6.07 Å². The molecule has 0 saturated carbocycles. The van der Waals surface area contributed by atoms with Crippen molar-refractivity contribution in [2.24, 2.45) is 0 Å².